The van der Waals surface area contributed by atoms with E-state index in [1.165, 1.54) is 6.07 Å². The van der Waals surface area contributed by atoms with Gasteiger partial charge >= 0.3 is 6.09 Å². The lowest BCUT2D eigenvalue weighted by molar-refractivity contribution is -0.133. The van der Waals surface area contributed by atoms with E-state index in [4.69, 9.17) is 4.74 Å². The van der Waals surface area contributed by atoms with Crippen molar-refractivity contribution in [1.82, 2.24) is 10.2 Å². The Labute approximate surface area is 148 Å². The van der Waals surface area contributed by atoms with Gasteiger partial charge < -0.3 is 15.0 Å². The zero-order valence-electron chi connectivity index (χ0n) is 15.3. The van der Waals surface area contributed by atoms with Crippen molar-refractivity contribution in [2.45, 2.75) is 64.6 Å². The van der Waals surface area contributed by atoms with E-state index in [2.05, 4.69) is 5.32 Å². The van der Waals surface area contributed by atoms with Crippen molar-refractivity contribution in [3.05, 3.63) is 35.6 Å². The molecule has 138 valence electrons. The van der Waals surface area contributed by atoms with Crippen LogP contribution in [0.2, 0.25) is 0 Å². The summed E-state index contributed by atoms with van der Waals surface area (Å²) in [5, 5.41) is 2.59. The predicted molar refractivity (Wildman–Crippen MR) is 93.5 cm³/mol. The summed E-state index contributed by atoms with van der Waals surface area (Å²) in [6.45, 7) is 7.38. The fourth-order valence-corrected chi connectivity index (χ4v) is 2.77. The smallest absolute Gasteiger partial charge is 0.407 e. The molecule has 1 saturated carbocycles. The molecule has 1 N–H and O–H groups in total. The SMILES string of the molecule is CC(c1ccccc1F)N(C(=O)CCNC(=O)OC(C)(C)C)C1CC1. The van der Waals surface area contributed by atoms with Crippen LogP contribution in [0, 0.1) is 5.82 Å². The number of nitrogens with zero attached hydrogens (tertiary/aromatic N) is 1. The highest BCUT2D eigenvalue weighted by Crippen LogP contribution is 2.35. The molecular formula is C19H27FN2O3. The Morgan fingerprint density at radius 1 is 1.32 bits per heavy atom. The van der Waals surface area contributed by atoms with Gasteiger partial charge in [0.15, 0.2) is 0 Å². The zero-order valence-corrected chi connectivity index (χ0v) is 15.3. The number of alkyl carbamates (subject to hydrolysis) is 1. The van der Waals surface area contributed by atoms with E-state index in [1.807, 2.05) is 6.92 Å². The Morgan fingerprint density at radius 2 is 1.96 bits per heavy atom. The molecule has 0 aliphatic heterocycles. The molecule has 0 radical (unpaired) electrons. The van der Waals surface area contributed by atoms with Crippen LogP contribution in [0.15, 0.2) is 24.3 Å². The maximum Gasteiger partial charge on any atom is 0.407 e. The van der Waals surface area contributed by atoms with E-state index in [0.29, 0.717) is 5.56 Å². The van der Waals surface area contributed by atoms with Gasteiger partial charge in [-0.05, 0) is 46.6 Å². The summed E-state index contributed by atoms with van der Waals surface area (Å²) in [5.74, 6) is -0.394. The average Bonchev–Trinajstić information content (AvgIpc) is 3.30. The first-order chi connectivity index (χ1) is 11.7. The number of nitrogens with one attached hydrogen (secondary N) is 1. The first-order valence-corrected chi connectivity index (χ1v) is 8.71. The number of benzene rings is 1. The molecule has 0 saturated heterocycles. The largest absolute Gasteiger partial charge is 0.444 e. The molecule has 1 fully saturated rings. The molecule has 0 heterocycles. The molecule has 5 nitrogen and oxygen atoms in total. The van der Waals surface area contributed by atoms with E-state index in [0.717, 1.165) is 12.8 Å². The monoisotopic (exact) mass is 350 g/mol. The maximum atomic E-state index is 14.1. The number of rotatable bonds is 6. The van der Waals surface area contributed by atoms with Crippen molar-refractivity contribution < 1.29 is 18.7 Å². The van der Waals surface area contributed by atoms with Gasteiger partial charge in [0.05, 0.1) is 6.04 Å². The third kappa shape index (κ3) is 5.73. The van der Waals surface area contributed by atoms with E-state index in [1.54, 1.807) is 43.9 Å². The summed E-state index contributed by atoms with van der Waals surface area (Å²) in [7, 11) is 0. The van der Waals surface area contributed by atoms with Gasteiger partial charge in [0.2, 0.25) is 5.91 Å². The Hall–Kier alpha value is -2.11. The molecule has 1 aliphatic rings. The minimum atomic E-state index is -0.576. The summed E-state index contributed by atoms with van der Waals surface area (Å²) in [5.41, 5.74) is -0.0594. The lowest BCUT2D eigenvalue weighted by Gasteiger charge is -2.30. The minimum Gasteiger partial charge on any atom is -0.444 e. The van der Waals surface area contributed by atoms with Gasteiger partial charge in [-0.3, -0.25) is 4.79 Å². The van der Waals surface area contributed by atoms with Gasteiger partial charge in [-0.15, -0.1) is 0 Å². The van der Waals surface area contributed by atoms with Gasteiger partial charge in [-0.25, -0.2) is 9.18 Å². The van der Waals surface area contributed by atoms with E-state index < -0.39 is 11.7 Å². The number of ether oxygens (including phenoxy) is 1. The molecule has 0 aromatic heterocycles. The fraction of sp³-hybridized carbons (Fsp3) is 0.579. The standard InChI is InChI=1S/C19H27FN2O3/c1-13(15-7-5-6-8-16(15)20)22(14-9-10-14)17(23)11-12-21-18(24)25-19(2,3)4/h5-8,13-14H,9-12H2,1-4H3,(H,21,24). The first kappa shape index (κ1) is 19.2. The van der Waals surface area contributed by atoms with Crippen LogP contribution in [0.1, 0.15) is 58.6 Å². The molecule has 0 bridgehead atoms. The van der Waals surface area contributed by atoms with Crippen LogP contribution in [0.5, 0.6) is 0 Å². The van der Waals surface area contributed by atoms with Crippen molar-refractivity contribution in [3.63, 3.8) is 0 Å². The topological polar surface area (TPSA) is 58.6 Å². The van der Waals surface area contributed by atoms with Crippen molar-refractivity contribution >= 4 is 12.0 Å². The third-order valence-electron chi connectivity index (χ3n) is 4.01. The zero-order chi connectivity index (χ0) is 18.6. The van der Waals surface area contributed by atoms with E-state index >= 15 is 0 Å². The Morgan fingerprint density at radius 3 is 2.52 bits per heavy atom. The Kier molecular flexibility index (Phi) is 6.03. The number of carbonyl (C=O) groups excluding carboxylic acids is 2. The second-order valence-corrected chi connectivity index (χ2v) is 7.41. The summed E-state index contributed by atoms with van der Waals surface area (Å²) in [4.78, 5) is 26.0. The normalized spacial score (nSPS) is 15.4. The quantitative estimate of drug-likeness (QED) is 0.849. The summed E-state index contributed by atoms with van der Waals surface area (Å²) >= 11 is 0. The lowest BCUT2D eigenvalue weighted by Crippen LogP contribution is -2.39. The predicted octanol–water partition coefficient (Wildman–Crippen LogP) is 3.79. The number of carbonyl (C=O) groups is 2. The molecule has 2 amide bonds. The number of amides is 2. The summed E-state index contributed by atoms with van der Waals surface area (Å²) in [6, 6.07) is 6.35. The van der Waals surface area contributed by atoms with Gasteiger partial charge in [0.1, 0.15) is 11.4 Å². The molecule has 1 aromatic carbocycles. The van der Waals surface area contributed by atoms with Gasteiger partial charge in [-0.2, -0.15) is 0 Å². The summed E-state index contributed by atoms with van der Waals surface area (Å²) < 4.78 is 19.2. The Bertz CT molecular complexity index is 623. The van der Waals surface area contributed by atoms with Gasteiger partial charge in [-0.1, -0.05) is 18.2 Å². The highest BCUT2D eigenvalue weighted by molar-refractivity contribution is 5.78. The molecule has 1 aromatic rings. The molecule has 1 atom stereocenters. The highest BCUT2D eigenvalue weighted by atomic mass is 19.1. The molecule has 6 heteroatoms. The Balaban J connectivity index is 1.93. The number of hydrogen-bond acceptors (Lipinski definition) is 3. The second-order valence-electron chi connectivity index (χ2n) is 7.41. The van der Waals surface area contributed by atoms with Crippen molar-refractivity contribution in [3.8, 4) is 0 Å². The van der Waals surface area contributed by atoms with Crippen LogP contribution >= 0.6 is 0 Å². The molecule has 2 rings (SSSR count). The maximum absolute atomic E-state index is 14.1. The molecule has 25 heavy (non-hydrogen) atoms. The van der Waals surface area contributed by atoms with Crippen LogP contribution < -0.4 is 5.32 Å². The lowest BCUT2D eigenvalue weighted by atomic mass is 10.1. The van der Waals surface area contributed by atoms with E-state index in [-0.39, 0.29) is 36.8 Å². The minimum absolute atomic E-state index is 0.0886. The second kappa shape index (κ2) is 7.85. The first-order valence-electron chi connectivity index (χ1n) is 8.71. The van der Waals surface area contributed by atoms with Crippen LogP contribution in [0.3, 0.4) is 0 Å². The average molecular weight is 350 g/mol. The van der Waals surface area contributed by atoms with Gasteiger partial charge in [0, 0.05) is 24.6 Å². The molecular weight excluding hydrogens is 323 g/mol. The van der Waals surface area contributed by atoms with Crippen LogP contribution in [0.4, 0.5) is 9.18 Å². The molecule has 1 unspecified atom stereocenters. The van der Waals surface area contributed by atoms with Crippen molar-refractivity contribution in [1.29, 1.82) is 0 Å². The van der Waals surface area contributed by atoms with Crippen LogP contribution in [-0.4, -0.2) is 35.1 Å². The van der Waals surface area contributed by atoms with Crippen molar-refractivity contribution in [2.24, 2.45) is 0 Å². The number of halogens is 1. The third-order valence-corrected chi connectivity index (χ3v) is 4.01. The number of hydrogen-bond donors (Lipinski definition) is 1. The van der Waals surface area contributed by atoms with Crippen molar-refractivity contribution in [2.75, 3.05) is 6.54 Å². The van der Waals surface area contributed by atoms with Crippen LogP contribution in [0.25, 0.3) is 0 Å². The van der Waals surface area contributed by atoms with E-state index in [9.17, 15) is 14.0 Å². The fourth-order valence-electron chi connectivity index (χ4n) is 2.77. The molecule has 1 aliphatic carbocycles. The highest BCUT2D eigenvalue weighted by Gasteiger charge is 2.36. The summed E-state index contributed by atoms with van der Waals surface area (Å²) in [6.07, 6.45) is 1.49. The molecule has 0 spiro atoms. The van der Waals surface area contributed by atoms with Crippen LogP contribution in [-0.2, 0) is 9.53 Å². The van der Waals surface area contributed by atoms with Gasteiger partial charge in [0.25, 0.3) is 0 Å².